The Morgan fingerprint density at radius 1 is 1.60 bits per heavy atom. The first kappa shape index (κ1) is 9.76. The van der Waals surface area contributed by atoms with Crippen molar-refractivity contribution < 1.29 is 13.0 Å². The van der Waals surface area contributed by atoms with Gasteiger partial charge in [0.2, 0.25) is 0 Å². The van der Waals surface area contributed by atoms with Crippen molar-refractivity contribution in [3.05, 3.63) is 5.51 Å². The normalized spacial score (nSPS) is 10.5. The van der Waals surface area contributed by atoms with Crippen LogP contribution in [0.15, 0.2) is 9.85 Å². The molecule has 1 aromatic heterocycles. The zero-order valence-corrected chi connectivity index (χ0v) is 6.91. The van der Waals surface area contributed by atoms with Gasteiger partial charge in [0.15, 0.2) is 0 Å². The monoisotopic (exact) mass is 202 g/mol. The Kier molecular flexibility index (Phi) is 3.16. The molecule has 1 heterocycles. The number of hydrogen-bond donors (Lipinski definition) is 1. The minimum absolute atomic E-state index is 0. The van der Waals surface area contributed by atoms with Crippen molar-refractivity contribution in [2.24, 2.45) is 0 Å². The maximum atomic E-state index is 10.2. The maximum Gasteiger partial charge on any atom is 0.323 e. The summed E-state index contributed by atoms with van der Waals surface area (Å²) in [5.74, 6) is 0. The molecule has 8 heteroatoms. The summed E-state index contributed by atoms with van der Waals surface area (Å²) in [6.45, 7) is 0. The van der Waals surface area contributed by atoms with Gasteiger partial charge in [-0.05, 0) is 0 Å². The summed E-state index contributed by atoms with van der Waals surface area (Å²) in [4.78, 5) is 0. The Hall–Kier alpha value is -0.240. The molecule has 0 saturated heterocycles. The van der Waals surface area contributed by atoms with Gasteiger partial charge < -0.3 is 0 Å². The molecular weight excluding hydrogens is 200 g/mol. The minimum atomic E-state index is -4.11. The van der Waals surface area contributed by atoms with Crippen molar-refractivity contribution >= 4 is 33.9 Å². The van der Waals surface area contributed by atoms with Gasteiger partial charge in [0, 0.05) is 0 Å². The summed E-state index contributed by atoms with van der Waals surface area (Å²) in [5, 5.41) is 6.34. The molecule has 0 saturated carbocycles. The van der Waals surface area contributed by atoms with Crippen LogP contribution < -0.4 is 0 Å². The molecule has 58 valence electrons. The lowest BCUT2D eigenvalue weighted by Gasteiger charge is -1.81. The molecule has 10 heavy (non-hydrogen) atoms. The molecule has 1 aromatic rings. The summed E-state index contributed by atoms with van der Waals surface area (Å²) in [6.07, 6.45) is 0. The fraction of sp³-hybridized carbons (Fsp3) is 0. The third-order valence-corrected chi connectivity index (χ3v) is 2.49. The molecule has 5 nitrogen and oxygen atoms in total. The van der Waals surface area contributed by atoms with E-state index < -0.39 is 10.1 Å². The van der Waals surface area contributed by atoms with Crippen LogP contribution in [0.25, 0.3) is 0 Å². The van der Waals surface area contributed by atoms with Crippen LogP contribution in [-0.2, 0) is 10.1 Å². The summed E-state index contributed by atoms with van der Waals surface area (Å²) in [7, 11) is -4.11. The Bertz CT molecular complexity index is 279. The van der Waals surface area contributed by atoms with Gasteiger partial charge in [0.05, 0.1) is 0 Å². The van der Waals surface area contributed by atoms with Crippen molar-refractivity contribution in [2.45, 2.75) is 4.34 Å². The second kappa shape index (κ2) is 3.24. The van der Waals surface area contributed by atoms with Gasteiger partial charge in [-0.25, -0.2) is 0 Å². The molecular formula is C2H3ClN2O3S2. The largest absolute Gasteiger partial charge is 0.323 e. The summed E-state index contributed by atoms with van der Waals surface area (Å²) >= 11 is 0.770. The molecule has 1 rings (SSSR count). The van der Waals surface area contributed by atoms with Crippen LogP contribution in [0.4, 0.5) is 0 Å². The lowest BCUT2D eigenvalue weighted by molar-refractivity contribution is 0.481. The lowest BCUT2D eigenvalue weighted by atomic mass is 11.6. The average molecular weight is 203 g/mol. The Balaban J connectivity index is 0.000000810. The van der Waals surface area contributed by atoms with Crippen LogP contribution in [0, 0.1) is 0 Å². The summed E-state index contributed by atoms with van der Waals surface area (Å²) in [6, 6.07) is 0. The molecule has 0 spiro atoms. The van der Waals surface area contributed by atoms with Gasteiger partial charge in [-0.15, -0.1) is 22.6 Å². The van der Waals surface area contributed by atoms with Crippen LogP contribution in [0.3, 0.4) is 0 Å². The van der Waals surface area contributed by atoms with Crippen LogP contribution in [0.1, 0.15) is 0 Å². The van der Waals surface area contributed by atoms with Crippen molar-refractivity contribution in [1.29, 1.82) is 0 Å². The van der Waals surface area contributed by atoms with Crippen LogP contribution >= 0.6 is 23.7 Å². The Morgan fingerprint density at radius 3 is 2.40 bits per heavy atom. The van der Waals surface area contributed by atoms with E-state index in [4.69, 9.17) is 4.55 Å². The van der Waals surface area contributed by atoms with Gasteiger partial charge >= 0.3 is 10.1 Å². The number of rotatable bonds is 1. The highest BCUT2D eigenvalue weighted by molar-refractivity contribution is 7.87. The fourth-order valence-corrected chi connectivity index (χ4v) is 1.32. The highest BCUT2D eigenvalue weighted by Crippen LogP contribution is 2.07. The average Bonchev–Trinajstić information content (AvgIpc) is 2.08. The topological polar surface area (TPSA) is 80.2 Å². The van der Waals surface area contributed by atoms with E-state index in [9.17, 15) is 8.42 Å². The zero-order chi connectivity index (χ0) is 6.91. The number of hydrogen-bond acceptors (Lipinski definition) is 5. The van der Waals surface area contributed by atoms with Gasteiger partial charge in [-0.3, -0.25) is 4.55 Å². The highest BCUT2D eigenvalue weighted by Gasteiger charge is 2.11. The Labute approximate surface area is 67.3 Å². The number of halogens is 1. The first-order valence-electron chi connectivity index (χ1n) is 1.84. The van der Waals surface area contributed by atoms with E-state index in [2.05, 4.69) is 10.2 Å². The lowest BCUT2D eigenvalue weighted by Crippen LogP contribution is -1.96. The molecule has 0 fully saturated rings. The second-order valence-electron chi connectivity index (χ2n) is 1.18. The summed E-state index contributed by atoms with van der Waals surface area (Å²) < 4.78 is 28.2. The van der Waals surface area contributed by atoms with E-state index in [0.717, 1.165) is 11.3 Å². The molecule has 0 aromatic carbocycles. The van der Waals surface area contributed by atoms with Crippen LogP contribution in [-0.4, -0.2) is 23.2 Å². The molecule has 0 amide bonds. The Morgan fingerprint density at radius 2 is 2.20 bits per heavy atom. The standard InChI is InChI=1S/C2H2N2O3S2.ClH/c5-9(6,7)2-4-3-1-8-2;/h1H,(H,5,6,7);1H. The van der Waals surface area contributed by atoms with Crippen LogP contribution in [0.5, 0.6) is 0 Å². The van der Waals surface area contributed by atoms with Crippen molar-refractivity contribution in [1.82, 2.24) is 10.2 Å². The first-order valence-corrected chi connectivity index (χ1v) is 4.16. The van der Waals surface area contributed by atoms with Gasteiger partial charge in [-0.2, -0.15) is 8.42 Å². The molecule has 0 unspecified atom stereocenters. The predicted molar refractivity (Wildman–Crippen MR) is 37.0 cm³/mol. The number of nitrogens with zero attached hydrogens (tertiary/aromatic N) is 2. The van der Waals surface area contributed by atoms with Crippen LogP contribution in [0.2, 0.25) is 0 Å². The highest BCUT2D eigenvalue weighted by atomic mass is 35.5. The van der Waals surface area contributed by atoms with E-state index in [1.807, 2.05) is 0 Å². The van der Waals surface area contributed by atoms with E-state index in [1.54, 1.807) is 0 Å². The van der Waals surface area contributed by atoms with Crippen molar-refractivity contribution in [2.75, 3.05) is 0 Å². The minimum Gasteiger partial charge on any atom is -0.280 e. The molecule has 0 aliphatic rings. The molecule has 0 radical (unpaired) electrons. The molecule has 0 aliphatic heterocycles. The second-order valence-corrected chi connectivity index (χ2v) is 3.61. The van der Waals surface area contributed by atoms with Gasteiger partial charge in [0.1, 0.15) is 5.51 Å². The fourth-order valence-electron chi connectivity index (χ4n) is 0.275. The quantitative estimate of drug-likeness (QED) is 0.659. The van der Waals surface area contributed by atoms with Gasteiger partial charge in [-0.1, -0.05) is 11.3 Å². The SMILES string of the molecule is Cl.O=S(=O)(O)c1nncs1. The maximum absolute atomic E-state index is 10.2. The predicted octanol–water partition coefficient (Wildman–Crippen LogP) is 0.207. The zero-order valence-electron chi connectivity index (χ0n) is 4.46. The molecule has 0 aliphatic carbocycles. The molecule has 0 atom stereocenters. The first-order chi connectivity index (χ1) is 4.11. The summed E-state index contributed by atoms with van der Waals surface area (Å²) in [5.41, 5.74) is 1.23. The third-order valence-electron chi connectivity index (χ3n) is 0.561. The van der Waals surface area contributed by atoms with Crippen molar-refractivity contribution in [3.63, 3.8) is 0 Å². The molecule has 1 N–H and O–H groups in total. The van der Waals surface area contributed by atoms with E-state index >= 15 is 0 Å². The van der Waals surface area contributed by atoms with Crippen molar-refractivity contribution in [3.8, 4) is 0 Å². The third kappa shape index (κ3) is 2.18. The molecule has 0 bridgehead atoms. The van der Waals surface area contributed by atoms with E-state index in [-0.39, 0.29) is 16.7 Å². The van der Waals surface area contributed by atoms with E-state index in [1.165, 1.54) is 5.51 Å². The van der Waals surface area contributed by atoms with E-state index in [0.29, 0.717) is 0 Å². The number of aromatic nitrogens is 2. The van der Waals surface area contributed by atoms with Gasteiger partial charge in [0.25, 0.3) is 4.34 Å². The smallest absolute Gasteiger partial charge is 0.280 e.